The number of likely N-dealkylation sites (tertiary alicyclic amines) is 1. The second-order valence-electron chi connectivity index (χ2n) is 7.47. The molecule has 6 heteroatoms. The van der Waals surface area contributed by atoms with Gasteiger partial charge in [0.15, 0.2) is 5.96 Å². The summed E-state index contributed by atoms with van der Waals surface area (Å²) in [6, 6.07) is 0. The first-order valence-electron chi connectivity index (χ1n) is 9.62. The van der Waals surface area contributed by atoms with E-state index in [9.17, 15) is 0 Å². The number of aromatic nitrogens is 2. The van der Waals surface area contributed by atoms with E-state index in [0.717, 1.165) is 43.0 Å². The number of halogens is 1. The van der Waals surface area contributed by atoms with Crippen molar-refractivity contribution < 1.29 is 0 Å². The van der Waals surface area contributed by atoms with Crippen LogP contribution >= 0.6 is 24.0 Å². The molecule has 2 heterocycles. The summed E-state index contributed by atoms with van der Waals surface area (Å²) >= 11 is 0. The molecule has 1 saturated carbocycles. The molecule has 0 aromatic carbocycles. The van der Waals surface area contributed by atoms with Crippen molar-refractivity contribution in [2.75, 3.05) is 26.2 Å². The van der Waals surface area contributed by atoms with Crippen molar-refractivity contribution in [1.82, 2.24) is 20.0 Å². The molecule has 2 atom stereocenters. The zero-order valence-electron chi connectivity index (χ0n) is 16.2. The van der Waals surface area contributed by atoms with Gasteiger partial charge in [0, 0.05) is 38.9 Å². The van der Waals surface area contributed by atoms with E-state index in [-0.39, 0.29) is 24.0 Å². The number of nitrogens with one attached hydrogen (secondary N) is 1. The molecule has 1 aliphatic carbocycles. The van der Waals surface area contributed by atoms with Crippen LogP contribution in [0, 0.1) is 25.7 Å². The van der Waals surface area contributed by atoms with E-state index in [1.54, 1.807) is 0 Å². The lowest BCUT2D eigenvalue weighted by atomic mass is 9.82. The summed E-state index contributed by atoms with van der Waals surface area (Å²) in [5, 5.41) is 8.02. The third-order valence-electron chi connectivity index (χ3n) is 5.89. The Kier molecular flexibility index (Phi) is 7.58. The van der Waals surface area contributed by atoms with Gasteiger partial charge in [-0.25, -0.2) is 0 Å². The van der Waals surface area contributed by atoms with Crippen molar-refractivity contribution in [3.8, 4) is 0 Å². The number of aliphatic imine (C=N–C) groups is 1. The smallest absolute Gasteiger partial charge is 0.193 e. The van der Waals surface area contributed by atoms with Crippen LogP contribution in [-0.2, 0) is 13.5 Å². The Balaban J connectivity index is 0.00000225. The zero-order chi connectivity index (χ0) is 17.1. The molecule has 1 saturated heterocycles. The van der Waals surface area contributed by atoms with Crippen LogP contribution in [0.4, 0.5) is 0 Å². The molecule has 0 spiro atoms. The lowest BCUT2D eigenvalue weighted by molar-refractivity contribution is 0.299. The fourth-order valence-electron chi connectivity index (χ4n) is 4.46. The maximum Gasteiger partial charge on any atom is 0.193 e. The summed E-state index contributed by atoms with van der Waals surface area (Å²) in [6.07, 6.45) is 6.63. The first kappa shape index (κ1) is 20.5. The van der Waals surface area contributed by atoms with E-state index < -0.39 is 0 Å². The second kappa shape index (κ2) is 9.24. The average molecular weight is 459 g/mol. The lowest BCUT2D eigenvalue weighted by Crippen LogP contribution is -2.40. The molecule has 5 nitrogen and oxygen atoms in total. The van der Waals surface area contributed by atoms with Crippen LogP contribution in [0.2, 0.25) is 0 Å². The van der Waals surface area contributed by atoms with E-state index in [1.165, 1.54) is 50.0 Å². The van der Waals surface area contributed by atoms with Gasteiger partial charge in [-0.15, -0.1) is 24.0 Å². The van der Waals surface area contributed by atoms with E-state index in [0.29, 0.717) is 0 Å². The summed E-state index contributed by atoms with van der Waals surface area (Å²) in [5.41, 5.74) is 3.76. The minimum absolute atomic E-state index is 0. The van der Waals surface area contributed by atoms with Crippen LogP contribution in [0.25, 0.3) is 0 Å². The quantitative estimate of drug-likeness (QED) is 0.427. The molecular formula is C19H34IN5. The summed E-state index contributed by atoms with van der Waals surface area (Å²) < 4.78 is 1.98. The Labute approximate surface area is 169 Å². The van der Waals surface area contributed by atoms with Crippen molar-refractivity contribution in [1.29, 1.82) is 0 Å². The van der Waals surface area contributed by atoms with Crippen molar-refractivity contribution in [2.45, 2.75) is 52.9 Å². The molecular weight excluding hydrogens is 425 g/mol. The highest BCUT2D eigenvalue weighted by atomic mass is 127. The molecule has 142 valence electrons. The van der Waals surface area contributed by atoms with Gasteiger partial charge in [-0.3, -0.25) is 9.67 Å². The SMILES string of the molecule is CCNC(=NCCc1c(C)nn(C)c1C)N1CC2CCCCC2C1.I. The predicted molar refractivity (Wildman–Crippen MR) is 115 cm³/mol. The highest BCUT2D eigenvalue weighted by Gasteiger charge is 2.35. The first-order valence-corrected chi connectivity index (χ1v) is 9.62. The van der Waals surface area contributed by atoms with E-state index in [2.05, 4.69) is 36.1 Å². The van der Waals surface area contributed by atoms with Gasteiger partial charge in [-0.05, 0) is 57.4 Å². The van der Waals surface area contributed by atoms with Crippen molar-refractivity contribution in [3.05, 3.63) is 17.0 Å². The van der Waals surface area contributed by atoms with Gasteiger partial charge in [-0.1, -0.05) is 12.8 Å². The van der Waals surface area contributed by atoms with Crippen LogP contribution in [0.1, 0.15) is 49.6 Å². The third-order valence-corrected chi connectivity index (χ3v) is 5.89. The first-order chi connectivity index (χ1) is 11.6. The van der Waals surface area contributed by atoms with Gasteiger partial charge in [0.25, 0.3) is 0 Å². The molecule has 0 amide bonds. The largest absolute Gasteiger partial charge is 0.357 e. The molecule has 2 fully saturated rings. The number of hydrogen-bond acceptors (Lipinski definition) is 2. The fourth-order valence-corrected chi connectivity index (χ4v) is 4.46. The topological polar surface area (TPSA) is 45.5 Å². The van der Waals surface area contributed by atoms with Gasteiger partial charge in [-0.2, -0.15) is 5.10 Å². The molecule has 25 heavy (non-hydrogen) atoms. The summed E-state index contributed by atoms with van der Waals surface area (Å²) in [6.45, 7) is 10.6. The van der Waals surface area contributed by atoms with E-state index in [4.69, 9.17) is 4.99 Å². The maximum atomic E-state index is 4.93. The van der Waals surface area contributed by atoms with E-state index in [1.807, 2.05) is 11.7 Å². The Morgan fingerprint density at radius 2 is 1.84 bits per heavy atom. The molecule has 1 aliphatic heterocycles. The number of hydrogen-bond donors (Lipinski definition) is 1. The van der Waals surface area contributed by atoms with E-state index >= 15 is 0 Å². The molecule has 2 unspecified atom stereocenters. The average Bonchev–Trinajstić information content (AvgIpc) is 3.10. The standard InChI is InChI=1S/C19H33N5.HI/c1-5-20-19(24-12-16-8-6-7-9-17(16)13-24)21-11-10-18-14(2)22-23(4)15(18)3;/h16-17H,5-13H2,1-4H3,(H,20,21);1H. The molecule has 3 rings (SSSR count). The Hall–Kier alpha value is -0.790. The zero-order valence-corrected chi connectivity index (χ0v) is 18.5. The molecule has 1 aromatic rings. The number of fused-ring (bicyclic) bond motifs is 1. The Morgan fingerprint density at radius 3 is 2.36 bits per heavy atom. The monoisotopic (exact) mass is 459 g/mol. The highest BCUT2D eigenvalue weighted by molar-refractivity contribution is 14.0. The lowest BCUT2D eigenvalue weighted by Gasteiger charge is -2.22. The number of guanidine groups is 1. The minimum atomic E-state index is 0. The Morgan fingerprint density at radius 1 is 1.20 bits per heavy atom. The van der Waals surface area contributed by atoms with Crippen LogP contribution < -0.4 is 5.32 Å². The Bertz CT molecular complexity index is 581. The van der Waals surface area contributed by atoms with Crippen LogP contribution in [0.3, 0.4) is 0 Å². The van der Waals surface area contributed by atoms with Crippen molar-refractivity contribution >= 4 is 29.9 Å². The van der Waals surface area contributed by atoms with Crippen LogP contribution in [0.5, 0.6) is 0 Å². The van der Waals surface area contributed by atoms with Gasteiger partial charge in [0.1, 0.15) is 0 Å². The third kappa shape index (κ3) is 4.68. The number of nitrogens with zero attached hydrogens (tertiary/aromatic N) is 4. The number of rotatable bonds is 4. The molecule has 1 N–H and O–H groups in total. The summed E-state index contributed by atoms with van der Waals surface area (Å²) in [7, 11) is 2.02. The summed E-state index contributed by atoms with van der Waals surface area (Å²) in [5.74, 6) is 2.90. The molecule has 0 bridgehead atoms. The minimum Gasteiger partial charge on any atom is -0.357 e. The predicted octanol–water partition coefficient (Wildman–Crippen LogP) is 3.28. The highest BCUT2D eigenvalue weighted by Crippen LogP contribution is 2.35. The molecule has 0 radical (unpaired) electrons. The van der Waals surface area contributed by atoms with Crippen LogP contribution in [0.15, 0.2) is 4.99 Å². The second-order valence-corrected chi connectivity index (χ2v) is 7.47. The van der Waals surface area contributed by atoms with Crippen molar-refractivity contribution in [2.24, 2.45) is 23.9 Å². The van der Waals surface area contributed by atoms with Gasteiger partial charge >= 0.3 is 0 Å². The molecule has 2 aliphatic rings. The van der Waals surface area contributed by atoms with Crippen LogP contribution in [-0.4, -0.2) is 46.8 Å². The van der Waals surface area contributed by atoms with Crippen molar-refractivity contribution in [3.63, 3.8) is 0 Å². The van der Waals surface area contributed by atoms with Gasteiger partial charge in [0.2, 0.25) is 0 Å². The maximum absolute atomic E-state index is 4.93. The van der Waals surface area contributed by atoms with Gasteiger partial charge in [0.05, 0.1) is 5.69 Å². The van der Waals surface area contributed by atoms with Gasteiger partial charge < -0.3 is 10.2 Å². The fraction of sp³-hybridized carbons (Fsp3) is 0.789. The molecule has 1 aromatic heterocycles. The number of aryl methyl sites for hydroxylation is 2. The summed E-state index contributed by atoms with van der Waals surface area (Å²) in [4.78, 5) is 7.44. The normalized spacial score (nSPS) is 23.4.